The van der Waals surface area contributed by atoms with Crippen molar-refractivity contribution in [1.29, 1.82) is 0 Å². The minimum absolute atomic E-state index is 0.0419. The normalized spacial score (nSPS) is 17.4. The molecule has 0 fully saturated rings. The first-order chi connectivity index (χ1) is 9.28. The second-order valence-corrected chi connectivity index (χ2v) is 4.68. The van der Waals surface area contributed by atoms with Crippen molar-refractivity contribution >= 4 is 0 Å². The van der Waals surface area contributed by atoms with Gasteiger partial charge in [-0.15, -0.1) is 0 Å². The zero-order valence-corrected chi connectivity index (χ0v) is 10.8. The molecule has 0 aliphatic carbocycles. The molecule has 0 spiro atoms. The van der Waals surface area contributed by atoms with Crippen molar-refractivity contribution in [1.82, 2.24) is 0 Å². The van der Waals surface area contributed by atoms with Gasteiger partial charge in [-0.25, -0.2) is 0 Å². The van der Waals surface area contributed by atoms with E-state index in [2.05, 4.69) is 12.1 Å². The van der Waals surface area contributed by atoms with E-state index < -0.39 is 0 Å². The molecule has 98 valence electrons. The number of hydrogen-bond acceptors (Lipinski definition) is 3. The first-order valence-electron chi connectivity index (χ1n) is 6.39. The third-order valence-electron chi connectivity index (χ3n) is 3.47. The molecule has 19 heavy (non-hydrogen) atoms. The number of phenolic OH excluding ortho intramolecular Hbond substituents is 1. The van der Waals surface area contributed by atoms with Crippen LogP contribution < -0.4 is 9.47 Å². The number of phenols is 1. The molecule has 2 aromatic rings. The van der Waals surface area contributed by atoms with Crippen molar-refractivity contribution in [2.24, 2.45) is 0 Å². The van der Waals surface area contributed by atoms with Gasteiger partial charge in [0, 0.05) is 17.7 Å². The van der Waals surface area contributed by atoms with Gasteiger partial charge in [0.2, 0.25) is 0 Å². The zero-order chi connectivity index (χ0) is 13.2. The Labute approximate surface area is 112 Å². The molecule has 1 aliphatic heterocycles. The van der Waals surface area contributed by atoms with Crippen LogP contribution in [0, 0.1) is 0 Å². The fourth-order valence-electron chi connectivity index (χ4n) is 2.53. The Morgan fingerprint density at radius 3 is 2.74 bits per heavy atom. The van der Waals surface area contributed by atoms with Crippen molar-refractivity contribution in [3.05, 3.63) is 53.6 Å². The van der Waals surface area contributed by atoms with Crippen LogP contribution >= 0.6 is 0 Å². The number of methoxy groups -OCH3 is 1. The molecule has 1 heterocycles. The quantitative estimate of drug-likeness (QED) is 0.894. The lowest BCUT2D eigenvalue weighted by Crippen LogP contribution is -2.15. The van der Waals surface area contributed by atoms with Gasteiger partial charge in [-0.05, 0) is 18.4 Å². The maximum atomic E-state index is 9.70. The second-order valence-electron chi connectivity index (χ2n) is 4.68. The van der Waals surface area contributed by atoms with Crippen molar-refractivity contribution in [2.75, 3.05) is 7.11 Å². The van der Waals surface area contributed by atoms with E-state index in [9.17, 15) is 5.11 Å². The van der Waals surface area contributed by atoms with Crippen LogP contribution in [0.3, 0.4) is 0 Å². The summed E-state index contributed by atoms with van der Waals surface area (Å²) in [6, 6.07) is 13.4. The van der Waals surface area contributed by atoms with Gasteiger partial charge in [-0.3, -0.25) is 0 Å². The highest BCUT2D eigenvalue weighted by Gasteiger charge is 2.24. The summed E-state index contributed by atoms with van der Waals surface area (Å²) >= 11 is 0. The number of fused-ring (bicyclic) bond motifs is 1. The number of rotatable bonds is 2. The third-order valence-corrected chi connectivity index (χ3v) is 3.47. The summed E-state index contributed by atoms with van der Waals surface area (Å²) in [6.45, 7) is 0. The van der Waals surface area contributed by atoms with Gasteiger partial charge in [-0.1, -0.05) is 30.3 Å². The molecule has 0 saturated heterocycles. The van der Waals surface area contributed by atoms with E-state index in [1.807, 2.05) is 18.2 Å². The molecular formula is C16H16O3. The van der Waals surface area contributed by atoms with Crippen LogP contribution in [0.1, 0.15) is 23.7 Å². The summed E-state index contributed by atoms with van der Waals surface area (Å²) in [5.74, 6) is 1.59. The van der Waals surface area contributed by atoms with E-state index in [1.165, 1.54) is 0 Å². The van der Waals surface area contributed by atoms with Gasteiger partial charge in [0.05, 0.1) is 7.11 Å². The highest BCUT2D eigenvalue weighted by Crippen LogP contribution is 2.41. The fraction of sp³-hybridized carbons (Fsp3) is 0.250. The first kappa shape index (κ1) is 11.9. The number of aromatic hydroxyl groups is 1. The minimum Gasteiger partial charge on any atom is -0.508 e. The highest BCUT2D eigenvalue weighted by atomic mass is 16.5. The lowest BCUT2D eigenvalue weighted by molar-refractivity contribution is 0.173. The minimum atomic E-state index is 0.0419. The predicted octanol–water partition coefficient (Wildman–Crippen LogP) is 3.47. The Hall–Kier alpha value is -2.16. The summed E-state index contributed by atoms with van der Waals surface area (Å²) < 4.78 is 11.3. The molecule has 1 atom stereocenters. The first-order valence-corrected chi connectivity index (χ1v) is 6.39. The molecule has 1 unspecified atom stereocenters. The SMILES string of the molecule is COc1cc(O)cc2c1CCC(c1ccccc1)O2. The average molecular weight is 256 g/mol. The Balaban J connectivity index is 1.94. The summed E-state index contributed by atoms with van der Waals surface area (Å²) in [5.41, 5.74) is 2.20. The molecule has 0 amide bonds. The predicted molar refractivity (Wildman–Crippen MR) is 72.8 cm³/mol. The molecule has 0 bridgehead atoms. The van der Waals surface area contributed by atoms with Crippen LogP contribution in [-0.4, -0.2) is 12.2 Å². The fourth-order valence-corrected chi connectivity index (χ4v) is 2.53. The smallest absolute Gasteiger partial charge is 0.130 e. The van der Waals surface area contributed by atoms with Gasteiger partial charge in [-0.2, -0.15) is 0 Å². The van der Waals surface area contributed by atoms with Gasteiger partial charge >= 0.3 is 0 Å². The monoisotopic (exact) mass is 256 g/mol. The van der Waals surface area contributed by atoms with E-state index in [0.717, 1.165) is 29.7 Å². The van der Waals surface area contributed by atoms with Crippen molar-refractivity contribution in [2.45, 2.75) is 18.9 Å². The number of ether oxygens (including phenoxy) is 2. The topological polar surface area (TPSA) is 38.7 Å². The van der Waals surface area contributed by atoms with Crippen LogP contribution in [0.2, 0.25) is 0 Å². The number of hydrogen-bond donors (Lipinski definition) is 1. The maximum Gasteiger partial charge on any atom is 0.130 e. The third kappa shape index (κ3) is 2.24. The maximum absolute atomic E-state index is 9.70. The van der Waals surface area contributed by atoms with Crippen LogP contribution in [0.5, 0.6) is 17.2 Å². The molecule has 1 N–H and O–H groups in total. The lowest BCUT2D eigenvalue weighted by atomic mass is 9.96. The molecule has 3 nitrogen and oxygen atoms in total. The Morgan fingerprint density at radius 1 is 1.21 bits per heavy atom. The Kier molecular flexibility index (Phi) is 3.03. The van der Waals surface area contributed by atoms with Gasteiger partial charge in [0.15, 0.2) is 0 Å². The summed E-state index contributed by atoms with van der Waals surface area (Å²) in [6.07, 6.45) is 1.84. The van der Waals surface area contributed by atoms with E-state index >= 15 is 0 Å². The largest absolute Gasteiger partial charge is 0.508 e. The molecule has 3 rings (SSSR count). The Morgan fingerprint density at radius 2 is 2.00 bits per heavy atom. The van der Waals surface area contributed by atoms with Crippen LogP contribution in [0.25, 0.3) is 0 Å². The van der Waals surface area contributed by atoms with Gasteiger partial charge in [0.1, 0.15) is 23.4 Å². The molecule has 0 saturated carbocycles. The van der Waals surface area contributed by atoms with E-state index in [1.54, 1.807) is 19.2 Å². The summed E-state index contributed by atoms with van der Waals surface area (Å²) in [5, 5.41) is 9.70. The van der Waals surface area contributed by atoms with Crippen LogP contribution in [0.4, 0.5) is 0 Å². The van der Waals surface area contributed by atoms with E-state index in [-0.39, 0.29) is 11.9 Å². The molecular weight excluding hydrogens is 240 g/mol. The zero-order valence-electron chi connectivity index (χ0n) is 10.8. The molecule has 3 heteroatoms. The summed E-state index contributed by atoms with van der Waals surface area (Å²) in [7, 11) is 1.61. The van der Waals surface area contributed by atoms with Crippen molar-refractivity contribution in [3.63, 3.8) is 0 Å². The van der Waals surface area contributed by atoms with Crippen molar-refractivity contribution in [3.8, 4) is 17.2 Å². The Bertz CT molecular complexity index is 578. The van der Waals surface area contributed by atoms with Crippen LogP contribution in [-0.2, 0) is 6.42 Å². The average Bonchev–Trinajstić information content (AvgIpc) is 2.46. The van der Waals surface area contributed by atoms with Gasteiger partial charge in [0.25, 0.3) is 0 Å². The molecule has 0 aromatic heterocycles. The molecule has 1 aliphatic rings. The van der Waals surface area contributed by atoms with Gasteiger partial charge < -0.3 is 14.6 Å². The second kappa shape index (κ2) is 4.84. The van der Waals surface area contributed by atoms with E-state index in [4.69, 9.17) is 9.47 Å². The molecule has 0 radical (unpaired) electrons. The van der Waals surface area contributed by atoms with Crippen molar-refractivity contribution < 1.29 is 14.6 Å². The van der Waals surface area contributed by atoms with E-state index in [0.29, 0.717) is 5.75 Å². The summed E-state index contributed by atoms with van der Waals surface area (Å²) in [4.78, 5) is 0. The lowest BCUT2D eigenvalue weighted by Gasteiger charge is -2.27. The highest BCUT2D eigenvalue weighted by molar-refractivity contribution is 5.51. The molecule has 2 aromatic carbocycles. The number of benzene rings is 2. The standard InChI is InChI=1S/C16H16O3/c1-18-15-9-12(17)10-16-13(15)7-8-14(19-16)11-5-3-2-4-6-11/h2-6,9-10,14,17H,7-8H2,1H3. The van der Waals surface area contributed by atoms with Crippen LogP contribution in [0.15, 0.2) is 42.5 Å².